The Morgan fingerprint density at radius 1 is 1.38 bits per heavy atom. The van der Waals surface area contributed by atoms with Gasteiger partial charge in [-0.2, -0.15) is 5.10 Å². The number of carbonyl (C=O) groups is 2. The molecule has 1 N–H and O–H groups in total. The zero-order chi connectivity index (χ0) is 17.7. The summed E-state index contributed by atoms with van der Waals surface area (Å²) in [7, 11) is 1.52. The van der Waals surface area contributed by atoms with Gasteiger partial charge in [-0.25, -0.2) is 0 Å². The number of methoxy groups -OCH3 is 1. The number of piperidine rings is 1. The first-order valence-corrected chi connectivity index (χ1v) is 8.49. The Kier molecular flexibility index (Phi) is 6.36. The molecule has 0 aliphatic carbocycles. The van der Waals surface area contributed by atoms with E-state index < -0.39 is 0 Å². The molecule has 2 rings (SSSR count). The Bertz CT molecular complexity index is 576. The number of ether oxygens (including phenoxy) is 1. The Morgan fingerprint density at radius 2 is 2.04 bits per heavy atom. The van der Waals surface area contributed by atoms with Gasteiger partial charge in [0.1, 0.15) is 6.61 Å². The number of nitrogens with one attached hydrogen (secondary N) is 1. The predicted molar refractivity (Wildman–Crippen MR) is 90.5 cm³/mol. The molecule has 0 unspecified atom stereocenters. The number of rotatable bonds is 6. The Hall–Kier alpha value is -1.89. The van der Waals surface area contributed by atoms with Crippen molar-refractivity contribution in [3.63, 3.8) is 0 Å². The van der Waals surface area contributed by atoms with Crippen LogP contribution in [0.5, 0.6) is 0 Å². The molecule has 134 valence electrons. The summed E-state index contributed by atoms with van der Waals surface area (Å²) in [4.78, 5) is 26.0. The summed E-state index contributed by atoms with van der Waals surface area (Å²) in [5, 5.41) is 7.50. The van der Waals surface area contributed by atoms with Crippen molar-refractivity contribution in [1.29, 1.82) is 0 Å². The van der Waals surface area contributed by atoms with E-state index in [0.717, 1.165) is 11.4 Å². The molecule has 7 nitrogen and oxygen atoms in total. The first-order valence-electron chi connectivity index (χ1n) is 8.49. The quantitative estimate of drug-likeness (QED) is 0.837. The lowest BCUT2D eigenvalue weighted by molar-refractivity contribution is -0.138. The maximum atomic E-state index is 12.4. The highest BCUT2D eigenvalue weighted by Crippen LogP contribution is 2.18. The van der Waals surface area contributed by atoms with Crippen molar-refractivity contribution in [2.24, 2.45) is 5.92 Å². The second-order valence-electron chi connectivity index (χ2n) is 6.61. The third-order valence-electron chi connectivity index (χ3n) is 4.43. The SMILES string of the molecule is COCC(=O)N1CCC(C(=O)N[C@H](C)Cn2nc(C)cc2C)CC1. The minimum atomic E-state index is -0.0282. The summed E-state index contributed by atoms with van der Waals surface area (Å²) in [6.07, 6.45) is 1.40. The number of amides is 2. The highest BCUT2D eigenvalue weighted by atomic mass is 16.5. The zero-order valence-electron chi connectivity index (χ0n) is 15.0. The number of aromatic nitrogens is 2. The molecular weight excluding hydrogens is 308 g/mol. The molecule has 2 amide bonds. The van der Waals surface area contributed by atoms with Crippen molar-refractivity contribution < 1.29 is 14.3 Å². The first-order chi connectivity index (χ1) is 11.4. The summed E-state index contributed by atoms with van der Waals surface area (Å²) in [5.41, 5.74) is 2.08. The Balaban J connectivity index is 1.78. The molecular formula is C17H28N4O3. The maximum Gasteiger partial charge on any atom is 0.248 e. The van der Waals surface area contributed by atoms with Crippen molar-refractivity contribution in [3.05, 3.63) is 17.5 Å². The van der Waals surface area contributed by atoms with Gasteiger partial charge in [0.2, 0.25) is 11.8 Å². The van der Waals surface area contributed by atoms with Crippen LogP contribution in [0.25, 0.3) is 0 Å². The summed E-state index contributed by atoms with van der Waals surface area (Å²) in [5.74, 6) is 0.0385. The van der Waals surface area contributed by atoms with E-state index in [1.54, 1.807) is 4.90 Å². The van der Waals surface area contributed by atoms with Crippen molar-refractivity contribution in [2.45, 2.75) is 46.2 Å². The van der Waals surface area contributed by atoms with Crippen LogP contribution in [0.15, 0.2) is 6.07 Å². The molecule has 0 aromatic carbocycles. The highest BCUT2D eigenvalue weighted by Gasteiger charge is 2.27. The smallest absolute Gasteiger partial charge is 0.248 e. The number of likely N-dealkylation sites (tertiary alicyclic amines) is 1. The monoisotopic (exact) mass is 336 g/mol. The third-order valence-corrected chi connectivity index (χ3v) is 4.43. The molecule has 1 aromatic heterocycles. The van der Waals surface area contributed by atoms with E-state index in [9.17, 15) is 9.59 Å². The molecule has 1 saturated heterocycles. The number of hydrogen-bond donors (Lipinski definition) is 1. The minimum Gasteiger partial charge on any atom is -0.375 e. The van der Waals surface area contributed by atoms with E-state index in [2.05, 4.69) is 10.4 Å². The largest absolute Gasteiger partial charge is 0.375 e. The molecule has 0 spiro atoms. The highest BCUT2D eigenvalue weighted by molar-refractivity contribution is 5.80. The molecule has 1 aromatic rings. The van der Waals surface area contributed by atoms with Gasteiger partial charge in [-0.15, -0.1) is 0 Å². The average Bonchev–Trinajstić information content (AvgIpc) is 2.85. The lowest BCUT2D eigenvalue weighted by Crippen LogP contribution is -2.46. The fraction of sp³-hybridized carbons (Fsp3) is 0.706. The molecule has 24 heavy (non-hydrogen) atoms. The van der Waals surface area contributed by atoms with Gasteiger partial charge in [0.15, 0.2) is 0 Å². The van der Waals surface area contributed by atoms with Crippen LogP contribution in [-0.4, -0.2) is 59.3 Å². The third kappa shape index (κ3) is 4.80. The molecule has 1 aliphatic heterocycles. The van der Waals surface area contributed by atoms with E-state index in [4.69, 9.17) is 4.74 Å². The maximum absolute atomic E-state index is 12.4. The molecule has 1 fully saturated rings. The van der Waals surface area contributed by atoms with Crippen molar-refractivity contribution >= 4 is 11.8 Å². The standard InChI is InChI=1S/C17H28N4O3/c1-12-9-14(3)21(19-12)10-13(2)18-17(23)15-5-7-20(8-6-15)16(22)11-24-4/h9,13,15H,5-8,10-11H2,1-4H3,(H,18,23)/t13-/m1/s1. The number of hydrogen-bond acceptors (Lipinski definition) is 4. The van der Waals surface area contributed by atoms with Crippen molar-refractivity contribution in [1.82, 2.24) is 20.0 Å². The van der Waals surface area contributed by atoms with Crippen molar-refractivity contribution in [2.75, 3.05) is 26.8 Å². The van der Waals surface area contributed by atoms with Crippen LogP contribution in [0.4, 0.5) is 0 Å². The Labute approximate surface area is 143 Å². The fourth-order valence-corrected chi connectivity index (χ4v) is 3.13. The second kappa shape index (κ2) is 8.28. The number of nitrogens with zero attached hydrogens (tertiary/aromatic N) is 3. The summed E-state index contributed by atoms with van der Waals surface area (Å²) >= 11 is 0. The summed E-state index contributed by atoms with van der Waals surface area (Å²) in [6, 6.07) is 2.05. The average molecular weight is 336 g/mol. The molecule has 0 saturated carbocycles. The van der Waals surface area contributed by atoms with Crippen LogP contribution >= 0.6 is 0 Å². The summed E-state index contributed by atoms with van der Waals surface area (Å²) < 4.78 is 6.80. The van der Waals surface area contributed by atoms with E-state index in [-0.39, 0.29) is 30.4 Å². The fourth-order valence-electron chi connectivity index (χ4n) is 3.13. The van der Waals surface area contributed by atoms with Gasteiger partial charge >= 0.3 is 0 Å². The number of aryl methyl sites for hydroxylation is 2. The van der Waals surface area contributed by atoms with Gasteiger partial charge < -0.3 is 15.0 Å². The van der Waals surface area contributed by atoms with Gasteiger partial charge in [0, 0.05) is 37.9 Å². The van der Waals surface area contributed by atoms with Crippen LogP contribution in [0.3, 0.4) is 0 Å². The van der Waals surface area contributed by atoms with Crippen LogP contribution in [0, 0.1) is 19.8 Å². The first kappa shape index (κ1) is 18.4. The summed E-state index contributed by atoms with van der Waals surface area (Å²) in [6.45, 7) is 7.98. The van der Waals surface area contributed by atoms with E-state index >= 15 is 0 Å². The Morgan fingerprint density at radius 3 is 2.58 bits per heavy atom. The molecule has 0 radical (unpaired) electrons. The second-order valence-corrected chi connectivity index (χ2v) is 6.61. The van der Waals surface area contributed by atoms with Crippen LogP contribution < -0.4 is 5.32 Å². The van der Waals surface area contributed by atoms with E-state index in [0.29, 0.717) is 32.5 Å². The number of carbonyl (C=O) groups excluding carboxylic acids is 2. The lowest BCUT2D eigenvalue weighted by Gasteiger charge is -2.31. The lowest BCUT2D eigenvalue weighted by atomic mass is 9.95. The molecule has 0 bridgehead atoms. The van der Waals surface area contributed by atoms with Crippen LogP contribution in [-0.2, 0) is 20.9 Å². The van der Waals surface area contributed by atoms with Crippen LogP contribution in [0.2, 0.25) is 0 Å². The van der Waals surface area contributed by atoms with Gasteiger partial charge in [0.25, 0.3) is 0 Å². The zero-order valence-corrected chi connectivity index (χ0v) is 15.0. The van der Waals surface area contributed by atoms with Crippen molar-refractivity contribution in [3.8, 4) is 0 Å². The van der Waals surface area contributed by atoms with E-state index in [1.165, 1.54) is 7.11 Å². The topological polar surface area (TPSA) is 76.5 Å². The van der Waals surface area contributed by atoms with Gasteiger partial charge in [-0.3, -0.25) is 14.3 Å². The predicted octanol–water partition coefficient (Wildman–Crippen LogP) is 0.890. The molecule has 2 heterocycles. The minimum absolute atomic E-state index is 0.00532. The molecule has 1 aliphatic rings. The molecule has 1 atom stereocenters. The van der Waals surface area contributed by atoms with Crippen LogP contribution in [0.1, 0.15) is 31.2 Å². The van der Waals surface area contributed by atoms with Gasteiger partial charge in [0.05, 0.1) is 12.2 Å². The van der Waals surface area contributed by atoms with E-state index in [1.807, 2.05) is 31.5 Å². The van der Waals surface area contributed by atoms with Gasteiger partial charge in [-0.05, 0) is 39.7 Å². The normalized spacial score (nSPS) is 16.9. The molecule has 7 heteroatoms. The van der Waals surface area contributed by atoms with Gasteiger partial charge in [-0.1, -0.05) is 0 Å².